The molecule has 12 heteroatoms. The molecular weight excluding hydrogens is 585 g/mol. The van der Waals surface area contributed by atoms with Crippen molar-refractivity contribution in [1.29, 1.82) is 0 Å². The number of rotatable bonds is 5. The van der Waals surface area contributed by atoms with Crippen LogP contribution in [0.4, 0.5) is 24.0 Å². The summed E-state index contributed by atoms with van der Waals surface area (Å²) in [5.41, 5.74) is 1.73. The number of halogens is 4. The van der Waals surface area contributed by atoms with Gasteiger partial charge in [0.15, 0.2) is 11.7 Å². The predicted molar refractivity (Wildman–Crippen MR) is 142 cm³/mol. The van der Waals surface area contributed by atoms with Crippen LogP contribution in [-0.4, -0.2) is 34.4 Å². The van der Waals surface area contributed by atoms with Gasteiger partial charge < -0.3 is 15.4 Å². The number of carbonyl (C=O) groups is 2. The highest BCUT2D eigenvalue weighted by atomic mass is 79.9. The van der Waals surface area contributed by atoms with Crippen LogP contribution in [-0.2, 0) is 17.6 Å². The van der Waals surface area contributed by atoms with E-state index in [9.17, 15) is 22.8 Å². The number of nitrogens with one attached hydrogen (secondary N) is 2. The first-order chi connectivity index (χ1) is 18.0. The number of fused-ring (bicyclic) bond motifs is 2. The molecule has 2 N–H and O–H groups in total. The van der Waals surface area contributed by atoms with E-state index >= 15 is 0 Å². The Morgan fingerprint density at radius 2 is 2.03 bits per heavy atom. The second-order valence-electron chi connectivity index (χ2n) is 9.63. The largest absolute Gasteiger partial charge is 0.462 e. The minimum atomic E-state index is -4.56. The smallest absolute Gasteiger partial charge is 0.410 e. The van der Waals surface area contributed by atoms with Gasteiger partial charge in [0.2, 0.25) is 0 Å². The van der Waals surface area contributed by atoms with Gasteiger partial charge in [0.05, 0.1) is 18.2 Å². The van der Waals surface area contributed by atoms with Gasteiger partial charge in [0.1, 0.15) is 10.8 Å². The van der Waals surface area contributed by atoms with Gasteiger partial charge in [0, 0.05) is 21.8 Å². The van der Waals surface area contributed by atoms with E-state index in [0.717, 1.165) is 32.4 Å². The summed E-state index contributed by atoms with van der Waals surface area (Å²) in [6.45, 7) is 4.02. The predicted octanol–water partition coefficient (Wildman–Crippen LogP) is 6.92. The molecule has 1 aromatic carbocycles. The molecule has 0 saturated carbocycles. The van der Waals surface area contributed by atoms with E-state index in [1.54, 1.807) is 31.2 Å². The lowest BCUT2D eigenvalue weighted by Crippen LogP contribution is -2.35. The number of carbonyl (C=O) groups excluding carboxylic acids is 2. The summed E-state index contributed by atoms with van der Waals surface area (Å²) in [6.07, 6.45) is -2.43. The van der Waals surface area contributed by atoms with Crippen LogP contribution in [0.5, 0.6) is 0 Å². The molecule has 0 radical (unpaired) electrons. The molecule has 0 fully saturated rings. The van der Waals surface area contributed by atoms with Crippen molar-refractivity contribution in [2.75, 3.05) is 17.2 Å². The number of ether oxygens (including phenoxy) is 1. The summed E-state index contributed by atoms with van der Waals surface area (Å²) in [7, 11) is 0. The summed E-state index contributed by atoms with van der Waals surface area (Å²) < 4.78 is 49.1. The number of thiophene rings is 1. The first kappa shape index (κ1) is 26.7. The summed E-state index contributed by atoms with van der Waals surface area (Å²) in [4.78, 5) is 27.0. The summed E-state index contributed by atoms with van der Waals surface area (Å²) in [6, 6.07) is 5.85. The molecule has 3 heterocycles. The third-order valence-electron chi connectivity index (χ3n) is 6.91. The van der Waals surface area contributed by atoms with Crippen molar-refractivity contribution in [2.45, 2.75) is 57.8 Å². The lowest BCUT2D eigenvalue weighted by atomic mass is 9.88. The number of anilines is 2. The van der Waals surface area contributed by atoms with Crippen LogP contribution in [0.1, 0.15) is 75.6 Å². The van der Waals surface area contributed by atoms with E-state index in [0.29, 0.717) is 28.5 Å². The van der Waals surface area contributed by atoms with Crippen LogP contribution < -0.4 is 10.6 Å². The van der Waals surface area contributed by atoms with E-state index in [2.05, 4.69) is 38.6 Å². The van der Waals surface area contributed by atoms with Crippen molar-refractivity contribution in [1.82, 2.24) is 9.78 Å². The Balaban J connectivity index is 1.45. The van der Waals surface area contributed by atoms with Gasteiger partial charge in [-0.05, 0) is 55.4 Å². The minimum Gasteiger partial charge on any atom is -0.462 e. The molecule has 0 spiro atoms. The van der Waals surface area contributed by atoms with Crippen molar-refractivity contribution < 1.29 is 27.5 Å². The molecular formula is C26H26BrF3N4O3S. The Morgan fingerprint density at radius 1 is 1.29 bits per heavy atom. The normalized spacial score (nSPS) is 20.7. The fourth-order valence-corrected chi connectivity index (χ4v) is 6.68. The Morgan fingerprint density at radius 3 is 2.71 bits per heavy atom. The average molecular weight is 611 g/mol. The third-order valence-corrected chi connectivity index (χ3v) is 8.61. The maximum absolute atomic E-state index is 14.1. The average Bonchev–Trinajstić information content (AvgIpc) is 3.44. The maximum atomic E-state index is 14.1. The molecule has 1 aliphatic heterocycles. The van der Waals surface area contributed by atoms with E-state index in [4.69, 9.17) is 4.74 Å². The maximum Gasteiger partial charge on any atom is 0.410 e. The number of esters is 1. The second-order valence-corrected chi connectivity index (χ2v) is 11.7. The number of alkyl halides is 3. The number of hydrogen-bond donors (Lipinski definition) is 2. The number of hydrogen-bond acceptors (Lipinski definition) is 6. The van der Waals surface area contributed by atoms with Gasteiger partial charge in [-0.2, -0.15) is 18.3 Å². The number of amides is 1. The Kier molecular flexibility index (Phi) is 7.29. The molecule has 0 bridgehead atoms. The van der Waals surface area contributed by atoms with Crippen molar-refractivity contribution in [3.8, 4) is 0 Å². The van der Waals surface area contributed by atoms with Crippen LogP contribution in [0.15, 0.2) is 34.8 Å². The molecule has 5 rings (SSSR count). The van der Waals surface area contributed by atoms with Gasteiger partial charge >= 0.3 is 12.1 Å². The van der Waals surface area contributed by atoms with Gasteiger partial charge in [0.25, 0.3) is 5.91 Å². The molecule has 2 aromatic heterocycles. The van der Waals surface area contributed by atoms with E-state index in [1.807, 2.05) is 0 Å². The Hall–Kier alpha value is -2.86. The van der Waals surface area contributed by atoms with Crippen LogP contribution >= 0.6 is 27.3 Å². The summed E-state index contributed by atoms with van der Waals surface area (Å²) >= 11 is 4.66. The lowest BCUT2D eigenvalue weighted by Gasteiger charge is -2.33. The van der Waals surface area contributed by atoms with Crippen molar-refractivity contribution in [3.63, 3.8) is 0 Å². The van der Waals surface area contributed by atoms with E-state index < -0.39 is 30.1 Å². The molecule has 3 atom stereocenters. The van der Waals surface area contributed by atoms with Crippen LogP contribution in [0.25, 0.3) is 0 Å². The van der Waals surface area contributed by atoms with E-state index in [-0.39, 0.29) is 24.5 Å². The van der Waals surface area contributed by atoms with Gasteiger partial charge in [-0.1, -0.05) is 35.0 Å². The van der Waals surface area contributed by atoms with Crippen molar-refractivity contribution in [2.24, 2.45) is 5.92 Å². The third kappa shape index (κ3) is 5.20. The molecule has 7 nitrogen and oxygen atoms in total. The number of aromatic nitrogens is 2. The van der Waals surface area contributed by atoms with Crippen molar-refractivity contribution >= 4 is 50.0 Å². The quantitative estimate of drug-likeness (QED) is 0.306. The molecule has 0 unspecified atom stereocenters. The molecule has 1 aliphatic carbocycles. The minimum absolute atomic E-state index is 0.0987. The molecule has 3 aromatic rings. The number of nitrogens with zero attached hydrogens (tertiary/aromatic N) is 2. The fourth-order valence-electron chi connectivity index (χ4n) is 5.02. The van der Waals surface area contributed by atoms with Gasteiger partial charge in [-0.25, -0.2) is 9.48 Å². The first-order valence-corrected chi connectivity index (χ1v) is 14.0. The van der Waals surface area contributed by atoms with Crippen LogP contribution in [0, 0.1) is 5.92 Å². The zero-order valence-electron chi connectivity index (χ0n) is 20.7. The summed E-state index contributed by atoms with van der Waals surface area (Å²) in [5, 5.41) is 10.2. The highest BCUT2D eigenvalue weighted by Crippen LogP contribution is 2.44. The fraction of sp³-hybridized carbons (Fsp3) is 0.423. The van der Waals surface area contributed by atoms with Crippen LogP contribution in [0.3, 0.4) is 0 Å². The van der Waals surface area contributed by atoms with Crippen molar-refractivity contribution in [3.05, 3.63) is 62.1 Å². The molecule has 2 aliphatic rings. The molecule has 38 heavy (non-hydrogen) atoms. The zero-order valence-corrected chi connectivity index (χ0v) is 23.1. The highest BCUT2D eigenvalue weighted by Gasteiger charge is 2.47. The zero-order chi connectivity index (χ0) is 27.2. The highest BCUT2D eigenvalue weighted by molar-refractivity contribution is 9.10. The topological polar surface area (TPSA) is 85.2 Å². The molecule has 0 saturated heterocycles. The van der Waals surface area contributed by atoms with Gasteiger partial charge in [-0.15, -0.1) is 11.3 Å². The Bertz CT molecular complexity index is 1370. The second kappa shape index (κ2) is 10.4. The number of benzene rings is 1. The standard InChI is InChI=1S/C26H26BrF3N4O3S/c1-3-37-25(36)22-16-9-4-13(2)10-19(16)38-24(22)32-23(35)18-12-21-31-17(14-5-7-15(27)8-6-14)11-20(26(28,29)30)34(21)33-18/h5-8,12-13,17,20,31H,3-4,9-11H2,1-2H3,(H,32,35)/t13-,17-,20-/m0/s1. The molecule has 1 amide bonds. The first-order valence-electron chi connectivity index (χ1n) is 12.4. The van der Waals surface area contributed by atoms with Gasteiger partial charge in [-0.3, -0.25) is 4.79 Å². The monoisotopic (exact) mass is 610 g/mol. The Labute approximate surface area is 229 Å². The lowest BCUT2D eigenvalue weighted by molar-refractivity contribution is -0.173. The van der Waals surface area contributed by atoms with Crippen LogP contribution in [0.2, 0.25) is 0 Å². The molecule has 202 valence electrons. The summed E-state index contributed by atoms with van der Waals surface area (Å²) in [5.74, 6) is -0.660. The SMILES string of the molecule is CCOC(=O)c1c(NC(=O)c2cc3n(n2)[C@H](C(F)(F)F)C[C@@H](c2ccc(Br)cc2)N3)sc2c1CC[C@H](C)C2. The van der Waals surface area contributed by atoms with E-state index in [1.165, 1.54) is 17.4 Å².